The molecule has 2 aromatic carbocycles. The second-order valence-electron chi connectivity index (χ2n) is 7.84. The number of aromatic amines is 1. The van der Waals surface area contributed by atoms with E-state index in [0.29, 0.717) is 18.7 Å². The molecule has 0 bridgehead atoms. The van der Waals surface area contributed by atoms with Gasteiger partial charge in [-0.2, -0.15) is 0 Å². The number of hydrogen-bond acceptors (Lipinski definition) is 3. The van der Waals surface area contributed by atoms with E-state index in [1.54, 1.807) is 4.90 Å². The number of rotatable bonds is 8. The zero-order valence-electron chi connectivity index (χ0n) is 17.4. The van der Waals surface area contributed by atoms with Gasteiger partial charge in [0.15, 0.2) is 0 Å². The molecule has 6 heteroatoms. The van der Waals surface area contributed by atoms with Gasteiger partial charge < -0.3 is 19.9 Å². The summed E-state index contributed by atoms with van der Waals surface area (Å²) in [7, 11) is 0. The van der Waals surface area contributed by atoms with Crippen LogP contribution in [0.25, 0.3) is 10.9 Å². The lowest BCUT2D eigenvalue weighted by molar-refractivity contribution is -0.122. The molecule has 30 heavy (non-hydrogen) atoms. The van der Waals surface area contributed by atoms with Crippen molar-refractivity contribution in [2.45, 2.75) is 32.4 Å². The van der Waals surface area contributed by atoms with Crippen LogP contribution in [-0.4, -0.2) is 47.5 Å². The van der Waals surface area contributed by atoms with E-state index in [4.69, 9.17) is 4.74 Å². The van der Waals surface area contributed by atoms with Crippen LogP contribution in [0.15, 0.2) is 54.7 Å². The Hall–Kier alpha value is -3.12. The van der Waals surface area contributed by atoms with Gasteiger partial charge in [0.1, 0.15) is 6.54 Å². The van der Waals surface area contributed by atoms with E-state index in [9.17, 15) is 9.59 Å². The highest BCUT2D eigenvalue weighted by Crippen LogP contribution is 2.40. The van der Waals surface area contributed by atoms with E-state index in [2.05, 4.69) is 10.3 Å². The number of fused-ring (bicyclic) bond motifs is 2. The van der Waals surface area contributed by atoms with Crippen molar-refractivity contribution >= 4 is 22.7 Å². The fourth-order valence-electron chi connectivity index (χ4n) is 4.02. The van der Waals surface area contributed by atoms with Crippen molar-refractivity contribution in [3.8, 4) is 0 Å². The van der Waals surface area contributed by atoms with Crippen molar-refractivity contribution in [2.24, 2.45) is 0 Å². The number of para-hydroxylation sites is 1. The predicted octanol–water partition coefficient (Wildman–Crippen LogP) is 3.64. The topological polar surface area (TPSA) is 74.4 Å². The molecule has 0 saturated carbocycles. The average molecular weight is 405 g/mol. The zero-order valence-corrected chi connectivity index (χ0v) is 17.4. The Morgan fingerprint density at radius 2 is 1.90 bits per heavy atom. The van der Waals surface area contributed by atoms with Crippen molar-refractivity contribution in [3.63, 3.8) is 0 Å². The first-order chi connectivity index (χ1) is 14.6. The number of aromatic nitrogens is 1. The average Bonchev–Trinajstić information content (AvgIpc) is 3.27. The highest BCUT2D eigenvalue weighted by Gasteiger charge is 2.39. The van der Waals surface area contributed by atoms with Crippen LogP contribution in [0.4, 0.5) is 0 Å². The Morgan fingerprint density at radius 3 is 2.73 bits per heavy atom. The van der Waals surface area contributed by atoms with Crippen LogP contribution in [0.1, 0.15) is 47.8 Å². The van der Waals surface area contributed by atoms with Gasteiger partial charge in [-0.25, -0.2) is 0 Å². The summed E-state index contributed by atoms with van der Waals surface area (Å²) in [5, 5.41) is 3.97. The minimum atomic E-state index is -0.292. The SMILES string of the molecule is CC(C)OCCCNC(=O)CN1C(=O)c2ccccc2[C@@H]1c1c[nH]c2ccccc12. The van der Waals surface area contributed by atoms with E-state index >= 15 is 0 Å². The number of carbonyl (C=O) groups is 2. The molecule has 1 aliphatic rings. The predicted molar refractivity (Wildman–Crippen MR) is 116 cm³/mol. The standard InChI is InChI=1S/C24H27N3O3/c1-16(2)30-13-7-12-25-22(28)15-27-23(18-9-3-4-10-19(18)24(27)29)20-14-26-21-11-6-5-8-17(20)21/h3-6,8-11,14,16,23,26H,7,12-13,15H2,1-2H3,(H,25,28)/t23-/m1/s1. The Balaban J connectivity index is 1.54. The van der Waals surface area contributed by atoms with Crippen molar-refractivity contribution in [3.05, 3.63) is 71.4 Å². The van der Waals surface area contributed by atoms with Gasteiger partial charge in [-0.15, -0.1) is 0 Å². The van der Waals surface area contributed by atoms with Crippen molar-refractivity contribution < 1.29 is 14.3 Å². The van der Waals surface area contributed by atoms with Gasteiger partial charge in [0.05, 0.1) is 12.1 Å². The molecule has 1 atom stereocenters. The maximum absolute atomic E-state index is 13.1. The minimum absolute atomic E-state index is 0.0166. The number of benzene rings is 2. The monoisotopic (exact) mass is 405 g/mol. The second-order valence-corrected chi connectivity index (χ2v) is 7.84. The Morgan fingerprint density at radius 1 is 1.13 bits per heavy atom. The van der Waals surface area contributed by atoms with E-state index in [0.717, 1.165) is 28.5 Å². The molecule has 2 N–H and O–H groups in total. The number of nitrogens with zero attached hydrogens (tertiary/aromatic N) is 1. The number of ether oxygens (including phenoxy) is 1. The molecule has 4 rings (SSSR count). The van der Waals surface area contributed by atoms with E-state index in [-0.39, 0.29) is 30.5 Å². The number of amides is 2. The molecule has 0 saturated heterocycles. The Labute approximate surface area is 176 Å². The summed E-state index contributed by atoms with van der Waals surface area (Å²) in [6.45, 7) is 5.12. The van der Waals surface area contributed by atoms with Crippen LogP contribution in [-0.2, 0) is 9.53 Å². The normalized spacial score (nSPS) is 15.8. The third-order valence-electron chi connectivity index (χ3n) is 5.38. The van der Waals surface area contributed by atoms with Crippen LogP contribution >= 0.6 is 0 Å². The van der Waals surface area contributed by atoms with Crippen LogP contribution in [0.2, 0.25) is 0 Å². The molecule has 0 aliphatic carbocycles. The van der Waals surface area contributed by atoms with Gasteiger partial charge in [-0.1, -0.05) is 36.4 Å². The summed E-state index contributed by atoms with van der Waals surface area (Å²) in [4.78, 5) is 30.7. The molecule has 0 spiro atoms. The summed E-state index contributed by atoms with van der Waals surface area (Å²) in [6.07, 6.45) is 2.86. The molecule has 156 valence electrons. The van der Waals surface area contributed by atoms with Gasteiger partial charge in [0.2, 0.25) is 5.91 Å². The molecular formula is C24H27N3O3. The first-order valence-electron chi connectivity index (χ1n) is 10.4. The van der Waals surface area contributed by atoms with Gasteiger partial charge in [0, 0.05) is 41.4 Å². The molecule has 0 radical (unpaired) electrons. The Bertz CT molecular complexity index is 1060. The summed E-state index contributed by atoms with van der Waals surface area (Å²) in [5.41, 5.74) is 3.61. The first-order valence-corrected chi connectivity index (χ1v) is 10.4. The van der Waals surface area contributed by atoms with Gasteiger partial charge in [0.25, 0.3) is 5.91 Å². The number of carbonyl (C=O) groups excluding carboxylic acids is 2. The first kappa shape index (κ1) is 20.2. The molecule has 1 aliphatic heterocycles. The summed E-state index contributed by atoms with van der Waals surface area (Å²) in [5.74, 6) is -0.273. The van der Waals surface area contributed by atoms with Crippen molar-refractivity contribution in [1.29, 1.82) is 0 Å². The number of nitrogens with one attached hydrogen (secondary N) is 2. The molecule has 3 aromatic rings. The molecule has 2 heterocycles. The molecule has 0 unspecified atom stereocenters. The maximum Gasteiger partial charge on any atom is 0.255 e. The third-order valence-corrected chi connectivity index (χ3v) is 5.38. The minimum Gasteiger partial charge on any atom is -0.379 e. The van der Waals surface area contributed by atoms with E-state index in [1.807, 2.05) is 68.6 Å². The third kappa shape index (κ3) is 3.96. The smallest absolute Gasteiger partial charge is 0.255 e. The van der Waals surface area contributed by atoms with E-state index in [1.165, 1.54) is 0 Å². The second kappa shape index (κ2) is 8.71. The highest BCUT2D eigenvalue weighted by molar-refractivity contribution is 6.02. The molecule has 1 aromatic heterocycles. The fraction of sp³-hybridized carbons (Fsp3) is 0.333. The molecule has 6 nitrogen and oxygen atoms in total. The highest BCUT2D eigenvalue weighted by atomic mass is 16.5. The van der Waals surface area contributed by atoms with Gasteiger partial charge >= 0.3 is 0 Å². The van der Waals surface area contributed by atoms with Crippen molar-refractivity contribution in [2.75, 3.05) is 19.7 Å². The zero-order chi connectivity index (χ0) is 21.1. The van der Waals surface area contributed by atoms with Crippen LogP contribution in [0.5, 0.6) is 0 Å². The summed E-state index contributed by atoms with van der Waals surface area (Å²) < 4.78 is 5.50. The van der Waals surface area contributed by atoms with E-state index < -0.39 is 0 Å². The maximum atomic E-state index is 13.1. The van der Waals surface area contributed by atoms with Crippen LogP contribution in [0, 0.1) is 0 Å². The van der Waals surface area contributed by atoms with Crippen LogP contribution < -0.4 is 5.32 Å². The summed E-state index contributed by atoms with van der Waals surface area (Å²) in [6, 6.07) is 15.3. The lowest BCUT2D eigenvalue weighted by Crippen LogP contribution is -2.40. The lowest BCUT2D eigenvalue weighted by atomic mass is 9.97. The Kier molecular flexibility index (Phi) is 5.86. The van der Waals surface area contributed by atoms with Gasteiger partial charge in [-0.05, 0) is 38.0 Å². The van der Waals surface area contributed by atoms with Crippen LogP contribution in [0.3, 0.4) is 0 Å². The number of hydrogen-bond donors (Lipinski definition) is 2. The van der Waals surface area contributed by atoms with Crippen molar-refractivity contribution in [1.82, 2.24) is 15.2 Å². The fourth-order valence-corrected chi connectivity index (χ4v) is 4.02. The molecule has 0 fully saturated rings. The number of H-pyrrole nitrogens is 1. The summed E-state index contributed by atoms with van der Waals surface area (Å²) >= 11 is 0. The molecule has 2 amide bonds. The lowest BCUT2D eigenvalue weighted by Gasteiger charge is -2.25. The molecular weight excluding hydrogens is 378 g/mol. The quantitative estimate of drug-likeness (QED) is 0.562. The van der Waals surface area contributed by atoms with Gasteiger partial charge in [-0.3, -0.25) is 9.59 Å². The largest absolute Gasteiger partial charge is 0.379 e.